The molecule has 0 heterocycles. The fourth-order valence-corrected chi connectivity index (χ4v) is 2.28. The van der Waals surface area contributed by atoms with Crippen LogP contribution in [0.2, 0.25) is 5.02 Å². The van der Waals surface area contributed by atoms with Crippen LogP contribution in [-0.4, -0.2) is 18.0 Å². The molecular formula is C18H14ClFN2O3. The van der Waals surface area contributed by atoms with Gasteiger partial charge in [-0.2, -0.15) is 5.26 Å². The second-order valence-corrected chi connectivity index (χ2v) is 5.60. The summed E-state index contributed by atoms with van der Waals surface area (Å²) in [5, 5.41) is 11.5. The molecule has 2 aromatic rings. The third-order valence-electron chi connectivity index (χ3n) is 3.32. The Labute approximate surface area is 149 Å². The molecule has 128 valence electrons. The highest BCUT2D eigenvalue weighted by Gasteiger charge is 2.20. The van der Waals surface area contributed by atoms with E-state index in [9.17, 15) is 14.0 Å². The van der Waals surface area contributed by atoms with Gasteiger partial charge in [0.2, 0.25) is 0 Å². The standard InChI is InChI=1S/C18H14ClFN2O3/c1-11(18(24)22-13-5-2-4-12(8-13)10-21)25-17(23)9-14-15(19)6-3-7-16(14)20/h2-8,11H,9H2,1H3,(H,22,24). The number of rotatable bonds is 5. The minimum atomic E-state index is -1.09. The number of benzene rings is 2. The van der Waals surface area contributed by atoms with E-state index in [2.05, 4.69) is 5.32 Å². The molecule has 1 amide bonds. The van der Waals surface area contributed by atoms with Gasteiger partial charge in [0.1, 0.15) is 5.82 Å². The molecule has 1 N–H and O–H groups in total. The SMILES string of the molecule is CC(OC(=O)Cc1c(F)cccc1Cl)C(=O)Nc1cccc(C#N)c1. The first kappa shape index (κ1) is 18.4. The lowest BCUT2D eigenvalue weighted by Crippen LogP contribution is -2.30. The quantitative estimate of drug-likeness (QED) is 0.828. The van der Waals surface area contributed by atoms with Gasteiger partial charge >= 0.3 is 5.97 Å². The normalized spacial score (nSPS) is 11.3. The highest BCUT2D eigenvalue weighted by atomic mass is 35.5. The average molecular weight is 361 g/mol. The molecule has 0 aromatic heterocycles. The van der Waals surface area contributed by atoms with Gasteiger partial charge in [-0.25, -0.2) is 4.39 Å². The summed E-state index contributed by atoms with van der Waals surface area (Å²) in [6, 6.07) is 12.3. The van der Waals surface area contributed by atoms with Crippen molar-refractivity contribution in [3.8, 4) is 6.07 Å². The van der Waals surface area contributed by atoms with Gasteiger partial charge in [0.25, 0.3) is 5.91 Å². The van der Waals surface area contributed by atoms with Crippen molar-refractivity contribution < 1.29 is 18.7 Å². The van der Waals surface area contributed by atoms with Crippen LogP contribution < -0.4 is 5.32 Å². The van der Waals surface area contributed by atoms with Crippen LogP contribution in [-0.2, 0) is 20.7 Å². The number of hydrogen-bond donors (Lipinski definition) is 1. The number of hydrogen-bond acceptors (Lipinski definition) is 4. The van der Waals surface area contributed by atoms with Gasteiger partial charge in [0.05, 0.1) is 18.1 Å². The Balaban J connectivity index is 1.96. The van der Waals surface area contributed by atoms with E-state index in [1.165, 1.54) is 31.2 Å². The molecule has 0 fully saturated rings. The molecule has 1 atom stereocenters. The van der Waals surface area contributed by atoms with Crippen LogP contribution in [0.25, 0.3) is 0 Å². The highest BCUT2D eigenvalue weighted by Crippen LogP contribution is 2.20. The fraction of sp³-hybridized carbons (Fsp3) is 0.167. The number of nitrogens with zero attached hydrogens (tertiary/aromatic N) is 1. The van der Waals surface area contributed by atoms with Crippen molar-refractivity contribution in [3.63, 3.8) is 0 Å². The average Bonchev–Trinajstić information content (AvgIpc) is 2.58. The largest absolute Gasteiger partial charge is 0.452 e. The van der Waals surface area contributed by atoms with Crippen LogP contribution in [0.3, 0.4) is 0 Å². The zero-order valence-electron chi connectivity index (χ0n) is 13.3. The Morgan fingerprint density at radius 1 is 1.32 bits per heavy atom. The summed E-state index contributed by atoms with van der Waals surface area (Å²) in [4.78, 5) is 24.0. The molecule has 0 aliphatic carbocycles. The summed E-state index contributed by atoms with van der Waals surface area (Å²) >= 11 is 5.86. The molecule has 0 aliphatic rings. The Morgan fingerprint density at radius 2 is 2.04 bits per heavy atom. The maximum Gasteiger partial charge on any atom is 0.311 e. The number of halogens is 2. The van der Waals surface area contributed by atoms with Crippen LogP contribution >= 0.6 is 11.6 Å². The number of anilines is 1. The fourth-order valence-electron chi connectivity index (χ4n) is 2.05. The number of esters is 1. The van der Waals surface area contributed by atoms with Crippen molar-refractivity contribution in [1.29, 1.82) is 5.26 Å². The number of nitriles is 1. The summed E-state index contributed by atoms with van der Waals surface area (Å²) in [7, 11) is 0. The molecule has 0 radical (unpaired) electrons. The minimum absolute atomic E-state index is 0.0171. The molecule has 0 aliphatic heterocycles. The van der Waals surface area contributed by atoms with Crippen LogP contribution in [0.1, 0.15) is 18.1 Å². The van der Waals surface area contributed by atoms with Gasteiger partial charge in [-0.1, -0.05) is 23.7 Å². The summed E-state index contributed by atoms with van der Waals surface area (Å²) in [6.07, 6.45) is -1.48. The van der Waals surface area contributed by atoms with E-state index in [4.69, 9.17) is 21.6 Å². The molecule has 2 rings (SSSR count). The van der Waals surface area contributed by atoms with Gasteiger partial charge in [0.15, 0.2) is 6.10 Å². The number of nitrogens with one attached hydrogen (secondary N) is 1. The smallest absolute Gasteiger partial charge is 0.311 e. The van der Waals surface area contributed by atoms with E-state index in [-0.39, 0.29) is 17.0 Å². The zero-order valence-corrected chi connectivity index (χ0v) is 14.0. The molecule has 5 nitrogen and oxygen atoms in total. The first-order chi connectivity index (χ1) is 11.9. The Kier molecular flexibility index (Phi) is 6.09. The Morgan fingerprint density at radius 3 is 2.72 bits per heavy atom. The predicted molar refractivity (Wildman–Crippen MR) is 90.5 cm³/mol. The maximum absolute atomic E-state index is 13.7. The van der Waals surface area contributed by atoms with E-state index in [0.717, 1.165) is 0 Å². The second kappa shape index (κ2) is 8.27. The van der Waals surface area contributed by atoms with Gasteiger partial charge < -0.3 is 10.1 Å². The lowest BCUT2D eigenvalue weighted by molar-refractivity contribution is -0.152. The van der Waals surface area contributed by atoms with E-state index >= 15 is 0 Å². The molecule has 0 bridgehead atoms. The lowest BCUT2D eigenvalue weighted by atomic mass is 10.1. The summed E-state index contributed by atoms with van der Waals surface area (Å²) in [5.41, 5.74) is 0.809. The molecule has 7 heteroatoms. The first-order valence-corrected chi connectivity index (χ1v) is 7.72. The highest BCUT2D eigenvalue weighted by molar-refractivity contribution is 6.31. The summed E-state index contributed by atoms with van der Waals surface area (Å²) in [5.74, 6) is -1.96. The maximum atomic E-state index is 13.7. The van der Waals surface area contributed by atoms with Crippen LogP contribution in [0.15, 0.2) is 42.5 Å². The van der Waals surface area contributed by atoms with E-state index in [1.807, 2.05) is 6.07 Å². The number of amides is 1. The van der Waals surface area contributed by atoms with Crippen LogP contribution in [0.4, 0.5) is 10.1 Å². The van der Waals surface area contributed by atoms with Crippen LogP contribution in [0.5, 0.6) is 0 Å². The van der Waals surface area contributed by atoms with Crippen molar-refractivity contribution >= 4 is 29.2 Å². The van der Waals surface area contributed by atoms with Gasteiger partial charge in [0, 0.05) is 16.3 Å². The first-order valence-electron chi connectivity index (χ1n) is 7.34. The van der Waals surface area contributed by atoms with Crippen molar-refractivity contribution in [1.82, 2.24) is 0 Å². The summed E-state index contributed by atoms with van der Waals surface area (Å²) < 4.78 is 18.7. The minimum Gasteiger partial charge on any atom is -0.452 e. The van der Waals surface area contributed by atoms with E-state index < -0.39 is 23.8 Å². The van der Waals surface area contributed by atoms with Crippen molar-refractivity contribution in [2.45, 2.75) is 19.4 Å². The Bertz CT molecular complexity index is 828. The number of carbonyl (C=O) groups is 2. The monoisotopic (exact) mass is 360 g/mol. The van der Waals surface area contributed by atoms with Gasteiger partial charge in [-0.05, 0) is 37.3 Å². The van der Waals surface area contributed by atoms with E-state index in [1.54, 1.807) is 18.2 Å². The van der Waals surface area contributed by atoms with Crippen LogP contribution in [0, 0.1) is 17.1 Å². The molecule has 0 saturated carbocycles. The molecule has 1 unspecified atom stereocenters. The van der Waals surface area contributed by atoms with Crippen molar-refractivity contribution in [2.24, 2.45) is 0 Å². The third kappa shape index (κ3) is 5.03. The van der Waals surface area contributed by atoms with Gasteiger partial charge in [-0.3, -0.25) is 9.59 Å². The molecule has 0 saturated heterocycles. The third-order valence-corrected chi connectivity index (χ3v) is 3.67. The van der Waals surface area contributed by atoms with E-state index in [0.29, 0.717) is 11.3 Å². The lowest BCUT2D eigenvalue weighted by Gasteiger charge is -2.14. The molecule has 2 aromatic carbocycles. The van der Waals surface area contributed by atoms with Crippen molar-refractivity contribution in [2.75, 3.05) is 5.32 Å². The Hall–Kier alpha value is -2.91. The second-order valence-electron chi connectivity index (χ2n) is 5.19. The number of carbonyl (C=O) groups excluding carboxylic acids is 2. The van der Waals surface area contributed by atoms with Crippen molar-refractivity contribution in [3.05, 3.63) is 64.4 Å². The number of ether oxygens (including phenoxy) is 1. The molecule has 25 heavy (non-hydrogen) atoms. The molecular weight excluding hydrogens is 347 g/mol. The predicted octanol–water partition coefficient (Wildman–Crippen LogP) is 3.46. The topological polar surface area (TPSA) is 79.2 Å². The molecule has 0 spiro atoms. The van der Waals surface area contributed by atoms with Gasteiger partial charge in [-0.15, -0.1) is 0 Å². The zero-order chi connectivity index (χ0) is 18.4. The summed E-state index contributed by atoms with van der Waals surface area (Å²) in [6.45, 7) is 1.39.